The number of aliphatic hydroxyl groups is 1. The molecule has 0 spiro atoms. The van der Waals surface area contributed by atoms with E-state index in [1.165, 1.54) is 6.92 Å². The molecule has 3 nitrogen and oxygen atoms in total. The van der Waals surface area contributed by atoms with E-state index in [0.717, 1.165) is 19.3 Å². The minimum Gasteiger partial charge on any atom is -0.459 e. The Morgan fingerprint density at radius 1 is 1.20 bits per heavy atom. The molecule has 0 radical (unpaired) electrons. The highest BCUT2D eigenvalue weighted by Crippen LogP contribution is 2.64. The molecule has 0 aromatic heterocycles. The third-order valence-electron chi connectivity index (χ3n) is 7.86. The van der Waals surface area contributed by atoms with Gasteiger partial charge in [-0.1, -0.05) is 38.2 Å². The minimum atomic E-state index is -1.07. The average molecular weight is 348 g/mol. The number of alkyl halides is 1. The second-order valence-corrected chi connectivity index (χ2v) is 9.14. The lowest BCUT2D eigenvalue weighted by molar-refractivity contribution is -0.159. The first kappa shape index (κ1) is 17.3. The van der Waals surface area contributed by atoms with E-state index >= 15 is 0 Å². The molecule has 1 N–H and O–H groups in total. The van der Waals surface area contributed by atoms with Crippen molar-refractivity contribution in [2.45, 2.75) is 64.8 Å². The van der Waals surface area contributed by atoms with Gasteiger partial charge in [-0.25, -0.2) is 4.39 Å². The van der Waals surface area contributed by atoms with Gasteiger partial charge in [0.05, 0.1) is 6.10 Å². The molecule has 0 aromatic rings. The number of ether oxygens (including phenoxy) is 1. The van der Waals surface area contributed by atoms with Crippen LogP contribution in [0.1, 0.15) is 46.5 Å². The fourth-order valence-electron chi connectivity index (χ4n) is 6.49. The predicted molar refractivity (Wildman–Crippen MR) is 93.4 cm³/mol. The molecule has 4 heteroatoms. The molecule has 25 heavy (non-hydrogen) atoms. The van der Waals surface area contributed by atoms with E-state index in [2.05, 4.69) is 32.1 Å². The number of aliphatic hydroxyl groups excluding tert-OH is 1. The number of esters is 1. The summed E-state index contributed by atoms with van der Waals surface area (Å²) in [5.41, 5.74) is -0.247. The van der Waals surface area contributed by atoms with Crippen LogP contribution in [0.5, 0.6) is 0 Å². The van der Waals surface area contributed by atoms with Gasteiger partial charge in [0, 0.05) is 12.3 Å². The maximum absolute atomic E-state index is 14.8. The van der Waals surface area contributed by atoms with Gasteiger partial charge in [0.25, 0.3) is 0 Å². The molecule has 0 amide bonds. The molecule has 0 bridgehead atoms. The molecule has 9 atom stereocenters. The number of allylic oxidation sites excluding steroid dienone is 3. The largest absolute Gasteiger partial charge is 0.459 e. The fraction of sp³-hybridized carbons (Fsp3) is 0.762. The minimum absolute atomic E-state index is 0.0330. The third-order valence-corrected chi connectivity index (χ3v) is 7.86. The van der Waals surface area contributed by atoms with Crippen LogP contribution in [0, 0.1) is 34.5 Å². The summed E-state index contributed by atoms with van der Waals surface area (Å²) < 4.78 is 20.2. The van der Waals surface area contributed by atoms with Gasteiger partial charge in [-0.05, 0) is 54.8 Å². The smallest absolute Gasteiger partial charge is 0.303 e. The lowest BCUT2D eigenvalue weighted by Crippen LogP contribution is -2.52. The van der Waals surface area contributed by atoms with E-state index in [0.29, 0.717) is 24.2 Å². The molecule has 4 aliphatic rings. The first-order valence-electron chi connectivity index (χ1n) is 9.63. The summed E-state index contributed by atoms with van der Waals surface area (Å²) in [7, 11) is 0. The van der Waals surface area contributed by atoms with Crippen molar-refractivity contribution in [1.82, 2.24) is 0 Å². The van der Waals surface area contributed by atoms with Crippen LogP contribution in [-0.2, 0) is 9.53 Å². The first-order chi connectivity index (χ1) is 11.8. The van der Waals surface area contributed by atoms with E-state index in [1.807, 2.05) is 6.08 Å². The maximum atomic E-state index is 14.8. The van der Waals surface area contributed by atoms with Crippen LogP contribution < -0.4 is 0 Å². The third kappa shape index (κ3) is 2.43. The zero-order valence-corrected chi connectivity index (χ0v) is 15.3. The molecular weight excluding hydrogens is 319 g/mol. The Kier molecular flexibility index (Phi) is 3.91. The number of rotatable bonds is 1. The van der Waals surface area contributed by atoms with Crippen LogP contribution >= 0.6 is 0 Å². The molecule has 0 aromatic carbocycles. The summed E-state index contributed by atoms with van der Waals surface area (Å²) >= 11 is 0. The summed E-state index contributed by atoms with van der Waals surface area (Å²) in [6, 6.07) is 0. The molecule has 0 aliphatic heterocycles. The van der Waals surface area contributed by atoms with Crippen molar-refractivity contribution in [3.05, 3.63) is 24.3 Å². The fourth-order valence-corrected chi connectivity index (χ4v) is 6.49. The van der Waals surface area contributed by atoms with Crippen molar-refractivity contribution in [2.24, 2.45) is 34.5 Å². The van der Waals surface area contributed by atoms with Crippen LogP contribution in [0.4, 0.5) is 4.39 Å². The van der Waals surface area contributed by atoms with E-state index in [1.54, 1.807) is 0 Å². The molecule has 4 rings (SSSR count). The van der Waals surface area contributed by atoms with E-state index < -0.39 is 12.3 Å². The molecule has 2 saturated carbocycles. The van der Waals surface area contributed by atoms with Gasteiger partial charge in [-0.15, -0.1) is 0 Å². The van der Waals surface area contributed by atoms with Gasteiger partial charge in [0.15, 0.2) is 0 Å². The van der Waals surface area contributed by atoms with Crippen LogP contribution in [0.3, 0.4) is 0 Å². The summed E-state index contributed by atoms with van der Waals surface area (Å²) in [5.74, 6) is 0.961. The second kappa shape index (κ2) is 5.67. The van der Waals surface area contributed by atoms with Crippen molar-refractivity contribution in [3.63, 3.8) is 0 Å². The van der Waals surface area contributed by atoms with E-state index in [-0.39, 0.29) is 28.8 Å². The molecule has 2 fully saturated rings. The zero-order chi connectivity index (χ0) is 18.0. The Morgan fingerprint density at radius 2 is 1.96 bits per heavy atom. The quantitative estimate of drug-likeness (QED) is 0.579. The number of halogens is 1. The van der Waals surface area contributed by atoms with Gasteiger partial charge in [-0.2, -0.15) is 0 Å². The van der Waals surface area contributed by atoms with Gasteiger partial charge >= 0.3 is 5.97 Å². The van der Waals surface area contributed by atoms with Crippen LogP contribution in [0.2, 0.25) is 0 Å². The standard InChI is InChI=1S/C21H29FO3/c1-12(23)25-19-18(22)11-17-15-5-4-13-10-14(24)6-8-20(13,2)16(15)7-9-21(17,19)3/h4-6,8,13-19,24H,7,9-11H2,1-3H3/t13?,14?,15-,16-,17+,18?,19?,20+,21+/m1/s1. The highest BCUT2D eigenvalue weighted by molar-refractivity contribution is 5.66. The lowest BCUT2D eigenvalue weighted by atomic mass is 9.48. The zero-order valence-electron chi connectivity index (χ0n) is 15.3. The monoisotopic (exact) mass is 348 g/mol. The Labute approximate surface area is 149 Å². The highest BCUT2D eigenvalue weighted by atomic mass is 19.1. The van der Waals surface area contributed by atoms with Crippen LogP contribution in [-0.4, -0.2) is 29.5 Å². The normalized spacial score (nSPS) is 53.7. The lowest BCUT2D eigenvalue weighted by Gasteiger charge is -2.56. The highest BCUT2D eigenvalue weighted by Gasteiger charge is 2.62. The summed E-state index contributed by atoms with van der Waals surface area (Å²) in [6.45, 7) is 5.79. The summed E-state index contributed by atoms with van der Waals surface area (Å²) in [4.78, 5) is 11.5. The SMILES string of the molecule is CC(=O)OC1C(F)C[C@H]2[C@@H]3C=CC4CC(O)C=C[C@]4(C)[C@@H]3CC[C@]12C. The maximum Gasteiger partial charge on any atom is 0.303 e. The van der Waals surface area contributed by atoms with E-state index in [9.17, 15) is 14.3 Å². The van der Waals surface area contributed by atoms with Gasteiger partial charge in [-0.3, -0.25) is 4.79 Å². The number of hydrogen-bond donors (Lipinski definition) is 1. The van der Waals surface area contributed by atoms with Crippen molar-refractivity contribution in [2.75, 3.05) is 0 Å². The van der Waals surface area contributed by atoms with Crippen LogP contribution in [0.15, 0.2) is 24.3 Å². The molecular formula is C21H29FO3. The van der Waals surface area contributed by atoms with Crippen molar-refractivity contribution in [1.29, 1.82) is 0 Å². The Bertz CT molecular complexity index is 629. The number of hydrogen-bond acceptors (Lipinski definition) is 3. The second-order valence-electron chi connectivity index (χ2n) is 9.14. The summed E-state index contributed by atoms with van der Waals surface area (Å²) in [5, 5.41) is 9.98. The number of fused-ring (bicyclic) bond motifs is 5. The molecule has 138 valence electrons. The van der Waals surface area contributed by atoms with Crippen molar-refractivity contribution >= 4 is 5.97 Å². The Hall–Kier alpha value is -1.16. The van der Waals surface area contributed by atoms with E-state index in [4.69, 9.17) is 4.74 Å². The average Bonchev–Trinajstić information content (AvgIpc) is 2.79. The number of carbonyl (C=O) groups excluding carboxylic acids is 1. The van der Waals surface area contributed by atoms with Crippen LogP contribution in [0.25, 0.3) is 0 Å². The Balaban J connectivity index is 1.67. The van der Waals surface area contributed by atoms with Crippen molar-refractivity contribution in [3.8, 4) is 0 Å². The van der Waals surface area contributed by atoms with Crippen molar-refractivity contribution < 1.29 is 19.0 Å². The number of carbonyl (C=O) groups is 1. The molecule has 0 heterocycles. The molecule has 0 saturated heterocycles. The summed E-state index contributed by atoms with van der Waals surface area (Å²) in [6.07, 6.45) is 9.81. The van der Waals surface area contributed by atoms with Gasteiger partial charge < -0.3 is 9.84 Å². The topological polar surface area (TPSA) is 46.5 Å². The first-order valence-corrected chi connectivity index (χ1v) is 9.63. The molecule has 4 aliphatic carbocycles. The molecule has 4 unspecified atom stereocenters. The van der Waals surface area contributed by atoms with Gasteiger partial charge in [0.1, 0.15) is 12.3 Å². The Morgan fingerprint density at radius 3 is 2.68 bits per heavy atom. The predicted octanol–water partition coefficient (Wildman–Crippen LogP) is 3.82. The van der Waals surface area contributed by atoms with Gasteiger partial charge in [0.2, 0.25) is 0 Å².